The smallest absolute Gasteiger partial charge is 0.350 e. The molecule has 3 aromatic rings. The number of rotatable bonds is 7. The molecule has 0 saturated carbocycles. The van der Waals surface area contributed by atoms with Crippen molar-refractivity contribution in [1.29, 1.82) is 0 Å². The Bertz CT molecular complexity index is 1240. The van der Waals surface area contributed by atoms with Crippen LogP contribution in [-0.4, -0.2) is 59.1 Å². The summed E-state index contributed by atoms with van der Waals surface area (Å²) >= 11 is 5.91. The molecule has 36 heavy (non-hydrogen) atoms. The van der Waals surface area contributed by atoms with Gasteiger partial charge in [0.05, 0.1) is 12.1 Å². The maximum atomic E-state index is 12.7. The lowest BCUT2D eigenvalue weighted by Crippen LogP contribution is -2.39. The average molecular weight is 523 g/mol. The number of nitrogens with one attached hydrogen (secondary N) is 1. The number of hydrogen-bond donors (Lipinski definition) is 1. The largest absolute Gasteiger partial charge is 0.522 e. The van der Waals surface area contributed by atoms with E-state index >= 15 is 0 Å². The van der Waals surface area contributed by atoms with E-state index in [0.717, 1.165) is 23.7 Å². The van der Waals surface area contributed by atoms with Gasteiger partial charge in [-0.3, -0.25) is 19.0 Å². The predicted octanol–water partition coefficient (Wildman–Crippen LogP) is 4.82. The average Bonchev–Trinajstić information content (AvgIpc) is 3.25. The number of fused-ring (bicyclic) bond motifs is 1. The van der Waals surface area contributed by atoms with Crippen molar-refractivity contribution in [2.75, 3.05) is 26.2 Å². The van der Waals surface area contributed by atoms with Crippen LogP contribution < -0.4 is 5.32 Å². The summed E-state index contributed by atoms with van der Waals surface area (Å²) in [5, 5.41) is 8.48. The number of hydrogen-bond acceptors (Lipinski definition) is 4. The summed E-state index contributed by atoms with van der Waals surface area (Å²) in [6.07, 6.45) is -1.14. The zero-order chi connectivity index (χ0) is 25.9. The highest BCUT2D eigenvalue weighted by Gasteiger charge is 2.28. The first-order chi connectivity index (χ1) is 17.1. The van der Waals surface area contributed by atoms with Crippen molar-refractivity contribution in [2.24, 2.45) is 5.92 Å². The summed E-state index contributed by atoms with van der Waals surface area (Å²) in [7, 11) is 0. The predicted molar refractivity (Wildman–Crippen MR) is 129 cm³/mol. The zero-order valence-corrected chi connectivity index (χ0v) is 20.4. The molecular formula is C25H26ClF3N4O3. The number of nitrogens with zero attached hydrogens (tertiary/aromatic N) is 3. The van der Waals surface area contributed by atoms with E-state index in [-0.39, 0.29) is 12.5 Å². The molecule has 11 heteroatoms. The van der Waals surface area contributed by atoms with Gasteiger partial charge in [0, 0.05) is 53.9 Å². The number of carbonyl (C=O) groups excluding carboxylic acids is 2. The highest BCUT2D eigenvalue weighted by molar-refractivity contribution is 6.30. The van der Waals surface area contributed by atoms with E-state index < -0.39 is 18.9 Å². The van der Waals surface area contributed by atoms with Crippen molar-refractivity contribution in [3.8, 4) is 0 Å². The van der Waals surface area contributed by atoms with Crippen LogP contribution >= 0.6 is 11.6 Å². The third-order valence-electron chi connectivity index (χ3n) is 6.34. The van der Waals surface area contributed by atoms with Crippen LogP contribution in [0.4, 0.5) is 13.2 Å². The molecule has 0 unspecified atom stereocenters. The van der Waals surface area contributed by atoms with Crippen LogP contribution in [0.15, 0.2) is 42.6 Å². The Morgan fingerprint density at radius 1 is 1.14 bits per heavy atom. The Morgan fingerprint density at radius 3 is 2.50 bits per heavy atom. The van der Waals surface area contributed by atoms with E-state index in [1.807, 2.05) is 15.8 Å². The number of halogens is 4. The molecular weight excluding hydrogens is 497 g/mol. The number of aromatic nitrogens is 2. The van der Waals surface area contributed by atoms with Crippen LogP contribution in [-0.2, 0) is 11.3 Å². The van der Waals surface area contributed by atoms with Gasteiger partial charge in [-0.15, -0.1) is 13.2 Å². The van der Waals surface area contributed by atoms with Crippen LogP contribution in [0.3, 0.4) is 0 Å². The summed E-state index contributed by atoms with van der Waals surface area (Å²) in [5.41, 5.74) is 2.44. The highest BCUT2D eigenvalue weighted by Crippen LogP contribution is 2.25. The Kier molecular flexibility index (Phi) is 7.85. The Balaban J connectivity index is 1.34. The molecule has 1 aliphatic heterocycles. The fraction of sp³-hybridized carbons (Fsp3) is 0.400. The van der Waals surface area contributed by atoms with Crippen LogP contribution in [0.25, 0.3) is 10.9 Å². The van der Waals surface area contributed by atoms with Gasteiger partial charge in [0.2, 0.25) is 0 Å². The monoisotopic (exact) mass is 522 g/mol. The maximum Gasteiger partial charge on any atom is 0.522 e. The lowest BCUT2D eigenvalue weighted by Gasteiger charge is -2.32. The summed E-state index contributed by atoms with van der Waals surface area (Å²) in [6.45, 7) is 2.89. The van der Waals surface area contributed by atoms with E-state index in [0.29, 0.717) is 47.3 Å². The fourth-order valence-electron chi connectivity index (χ4n) is 4.40. The summed E-state index contributed by atoms with van der Waals surface area (Å²) in [5.74, 6) is -0.114. The van der Waals surface area contributed by atoms with Crippen molar-refractivity contribution in [3.63, 3.8) is 0 Å². The normalized spacial score (nSPS) is 14.9. The molecule has 0 aliphatic carbocycles. The van der Waals surface area contributed by atoms with Crippen LogP contribution in [0.2, 0.25) is 5.02 Å². The van der Waals surface area contributed by atoms with Gasteiger partial charge in [-0.2, -0.15) is 5.10 Å². The molecule has 1 N–H and O–H groups in total. The number of aryl methyl sites for hydroxylation is 1. The van der Waals surface area contributed by atoms with E-state index in [1.54, 1.807) is 43.3 Å². The highest BCUT2D eigenvalue weighted by atomic mass is 35.5. The fourth-order valence-corrected chi connectivity index (χ4v) is 4.53. The lowest BCUT2D eigenvalue weighted by atomic mass is 9.96. The second kappa shape index (κ2) is 10.9. The van der Waals surface area contributed by atoms with Gasteiger partial charge < -0.3 is 10.2 Å². The number of amides is 2. The Morgan fingerprint density at radius 2 is 1.83 bits per heavy atom. The number of piperidine rings is 1. The molecule has 0 atom stereocenters. The third-order valence-corrected chi connectivity index (χ3v) is 6.59. The second-order valence-corrected chi connectivity index (χ2v) is 9.25. The molecule has 1 fully saturated rings. The van der Waals surface area contributed by atoms with Crippen LogP contribution in [0, 0.1) is 12.8 Å². The van der Waals surface area contributed by atoms with Gasteiger partial charge in [-0.25, -0.2) is 0 Å². The first-order valence-corrected chi connectivity index (χ1v) is 12.0. The van der Waals surface area contributed by atoms with Crippen molar-refractivity contribution in [2.45, 2.75) is 32.7 Å². The molecule has 7 nitrogen and oxygen atoms in total. The number of likely N-dealkylation sites (tertiary alicyclic amines) is 1. The number of benzene rings is 2. The zero-order valence-electron chi connectivity index (χ0n) is 19.6. The lowest BCUT2D eigenvalue weighted by molar-refractivity contribution is -0.323. The SMILES string of the molecule is Cc1c(C(=O)NCCOC(F)(F)F)ccc2nn(CC3CCN(C(=O)c4ccc(Cl)cc4)CC3)cc12. The Labute approximate surface area is 211 Å². The molecule has 2 heterocycles. The summed E-state index contributed by atoms with van der Waals surface area (Å²) in [6, 6.07) is 10.2. The van der Waals surface area contributed by atoms with Crippen molar-refractivity contribution >= 4 is 34.3 Å². The standard InChI is InChI=1S/C25H26ClF3N4O3/c1-16-20(23(34)30-10-13-36-25(27,28)29)6-7-22-21(16)15-33(31-22)14-17-8-11-32(12-9-17)24(35)18-2-4-19(26)5-3-18/h2-7,15,17H,8-14H2,1H3,(H,30,34). The molecule has 192 valence electrons. The number of ether oxygens (including phenoxy) is 1. The van der Waals surface area contributed by atoms with E-state index in [4.69, 9.17) is 11.6 Å². The molecule has 0 spiro atoms. The maximum absolute atomic E-state index is 12.7. The molecule has 0 radical (unpaired) electrons. The quantitative estimate of drug-likeness (QED) is 0.452. The van der Waals surface area contributed by atoms with Gasteiger partial charge in [0.25, 0.3) is 11.8 Å². The minimum Gasteiger partial charge on any atom is -0.350 e. The van der Waals surface area contributed by atoms with Crippen molar-refractivity contribution in [1.82, 2.24) is 20.0 Å². The first kappa shape index (κ1) is 26.0. The molecule has 1 aliphatic rings. The Hall–Kier alpha value is -3.11. The van der Waals surface area contributed by atoms with Crippen LogP contribution in [0.1, 0.15) is 39.1 Å². The molecule has 1 saturated heterocycles. The molecule has 2 aromatic carbocycles. The van der Waals surface area contributed by atoms with Gasteiger partial charge in [-0.05, 0) is 67.6 Å². The second-order valence-electron chi connectivity index (χ2n) is 8.81. The van der Waals surface area contributed by atoms with E-state index in [1.165, 1.54) is 0 Å². The number of carbonyl (C=O) groups is 2. The van der Waals surface area contributed by atoms with Gasteiger partial charge in [0.1, 0.15) is 0 Å². The third kappa shape index (κ3) is 6.36. The minimum atomic E-state index is -4.73. The minimum absolute atomic E-state index is 0.00124. The topological polar surface area (TPSA) is 76.5 Å². The van der Waals surface area contributed by atoms with Crippen molar-refractivity contribution < 1.29 is 27.5 Å². The van der Waals surface area contributed by atoms with Gasteiger partial charge >= 0.3 is 6.36 Å². The summed E-state index contributed by atoms with van der Waals surface area (Å²) < 4.78 is 41.8. The molecule has 0 bridgehead atoms. The van der Waals surface area contributed by atoms with Crippen LogP contribution in [0.5, 0.6) is 0 Å². The summed E-state index contributed by atoms with van der Waals surface area (Å²) in [4.78, 5) is 27.0. The van der Waals surface area contributed by atoms with Gasteiger partial charge in [-0.1, -0.05) is 11.6 Å². The number of alkyl halides is 3. The van der Waals surface area contributed by atoms with Gasteiger partial charge in [0.15, 0.2) is 0 Å². The van der Waals surface area contributed by atoms with Crippen molar-refractivity contribution in [3.05, 3.63) is 64.3 Å². The molecule has 4 rings (SSSR count). The molecule has 2 amide bonds. The van der Waals surface area contributed by atoms with E-state index in [2.05, 4.69) is 15.2 Å². The van der Waals surface area contributed by atoms with E-state index in [9.17, 15) is 22.8 Å². The first-order valence-electron chi connectivity index (χ1n) is 11.6. The molecule has 1 aromatic heterocycles.